The van der Waals surface area contributed by atoms with E-state index in [1.807, 2.05) is 36.4 Å². The fraction of sp³-hybridized carbons (Fsp3) is 0.235. The number of imidazole rings is 2. The second-order valence-corrected chi connectivity index (χ2v) is 5.95. The second kappa shape index (κ2) is 4.95. The molecule has 4 heterocycles. The lowest BCUT2D eigenvalue weighted by atomic mass is 10.1. The lowest BCUT2D eigenvalue weighted by molar-refractivity contribution is 0.313. The number of methoxy groups -OCH3 is 1. The second-order valence-electron chi connectivity index (χ2n) is 5.95. The van der Waals surface area contributed by atoms with Crippen LogP contribution in [0.3, 0.4) is 0 Å². The molecule has 0 atom stereocenters. The molecule has 3 aromatic heterocycles. The third-order valence-corrected chi connectivity index (χ3v) is 4.50. The summed E-state index contributed by atoms with van der Waals surface area (Å²) < 4.78 is 7.52. The Morgan fingerprint density at radius 3 is 2.75 bits per heavy atom. The van der Waals surface area contributed by atoms with E-state index >= 15 is 0 Å². The first kappa shape index (κ1) is 13.4. The van der Waals surface area contributed by atoms with Crippen molar-refractivity contribution in [3.63, 3.8) is 0 Å². The Hall–Kier alpha value is -3.09. The van der Waals surface area contributed by atoms with Crippen LogP contribution in [0.2, 0.25) is 0 Å². The molecular formula is C17H16N6O. The molecule has 1 N–H and O–H groups in total. The molecule has 0 unspecified atom stereocenters. The first-order valence-corrected chi connectivity index (χ1v) is 7.90. The Labute approximate surface area is 137 Å². The Morgan fingerprint density at radius 2 is 1.92 bits per heavy atom. The topological polar surface area (TPSA) is 71.9 Å². The van der Waals surface area contributed by atoms with E-state index in [2.05, 4.69) is 29.4 Å². The summed E-state index contributed by atoms with van der Waals surface area (Å²) in [6.45, 7) is 1.69. The maximum Gasteiger partial charge on any atom is 0.298 e. The first-order valence-electron chi connectivity index (χ1n) is 7.90. The minimum Gasteiger partial charge on any atom is -0.468 e. The molecule has 0 radical (unpaired) electrons. The fourth-order valence-corrected chi connectivity index (χ4v) is 3.26. The summed E-state index contributed by atoms with van der Waals surface area (Å²) in [4.78, 5) is 19.2. The Kier molecular flexibility index (Phi) is 2.76. The number of aromatic nitrogens is 5. The number of nitrogens with one attached hydrogen (secondary N) is 1. The van der Waals surface area contributed by atoms with Crippen LogP contribution in [0.1, 0.15) is 6.04 Å². The average molecular weight is 320 g/mol. The molecule has 5 rings (SSSR count). The van der Waals surface area contributed by atoms with E-state index in [1.165, 1.54) is 0 Å². The molecule has 7 nitrogen and oxygen atoms in total. The van der Waals surface area contributed by atoms with Crippen LogP contribution in [-0.4, -0.2) is 44.7 Å². The first-order chi connectivity index (χ1) is 11.8. The van der Waals surface area contributed by atoms with Gasteiger partial charge in [-0.3, -0.25) is 4.57 Å². The summed E-state index contributed by atoms with van der Waals surface area (Å²) in [5, 5.41) is 0. The predicted octanol–water partition coefficient (Wildman–Crippen LogP) is 2.38. The van der Waals surface area contributed by atoms with Crippen molar-refractivity contribution in [3.05, 3.63) is 42.6 Å². The third-order valence-electron chi connectivity index (χ3n) is 4.50. The molecule has 24 heavy (non-hydrogen) atoms. The Morgan fingerprint density at radius 1 is 1.08 bits per heavy atom. The Bertz CT molecular complexity index is 997. The van der Waals surface area contributed by atoms with E-state index in [9.17, 15) is 0 Å². The number of hydrogen-bond acceptors (Lipinski definition) is 5. The van der Waals surface area contributed by atoms with Gasteiger partial charge in [-0.25, -0.2) is 9.97 Å². The molecule has 1 aliphatic heterocycles. The number of rotatable bonds is 3. The highest BCUT2D eigenvalue weighted by Crippen LogP contribution is 2.32. The van der Waals surface area contributed by atoms with Gasteiger partial charge in [0, 0.05) is 19.3 Å². The summed E-state index contributed by atoms with van der Waals surface area (Å²) >= 11 is 0. The molecule has 7 heteroatoms. The lowest BCUT2D eigenvalue weighted by Gasteiger charge is -2.39. The van der Waals surface area contributed by atoms with Crippen molar-refractivity contribution < 1.29 is 4.74 Å². The smallest absolute Gasteiger partial charge is 0.298 e. The minimum atomic E-state index is 0.271. The molecular weight excluding hydrogens is 304 g/mol. The van der Waals surface area contributed by atoms with Crippen LogP contribution in [0.15, 0.2) is 42.6 Å². The number of anilines is 1. The summed E-state index contributed by atoms with van der Waals surface area (Å²) in [5.41, 5.74) is 3.77. The van der Waals surface area contributed by atoms with E-state index in [0.29, 0.717) is 6.01 Å². The van der Waals surface area contributed by atoms with Gasteiger partial charge in [0.1, 0.15) is 5.52 Å². The molecule has 1 aliphatic rings. The van der Waals surface area contributed by atoms with Crippen molar-refractivity contribution in [2.75, 3.05) is 25.1 Å². The van der Waals surface area contributed by atoms with Gasteiger partial charge in [-0.2, -0.15) is 4.98 Å². The van der Waals surface area contributed by atoms with Gasteiger partial charge in [0.15, 0.2) is 5.65 Å². The zero-order valence-electron chi connectivity index (χ0n) is 13.2. The molecule has 1 saturated heterocycles. The van der Waals surface area contributed by atoms with Crippen LogP contribution in [0, 0.1) is 0 Å². The van der Waals surface area contributed by atoms with Crippen molar-refractivity contribution in [2.45, 2.75) is 6.04 Å². The van der Waals surface area contributed by atoms with Crippen molar-refractivity contribution in [1.29, 1.82) is 0 Å². The number of ether oxygens (including phenoxy) is 1. The summed E-state index contributed by atoms with van der Waals surface area (Å²) in [7, 11) is 1.65. The zero-order chi connectivity index (χ0) is 16.1. The number of nitrogens with zero attached hydrogens (tertiary/aromatic N) is 5. The number of pyridine rings is 1. The van der Waals surface area contributed by atoms with Gasteiger partial charge in [0.05, 0.1) is 24.2 Å². The number of benzene rings is 1. The fourth-order valence-electron chi connectivity index (χ4n) is 3.26. The van der Waals surface area contributed by atoms with Gasteiger partial charge in [-0.15, -0.1) is 0 Å². The van der Waals surface area contributed by atoms with Gasteiger partial charge < -0.3 is 14.6 Å². The van der Waals surface area contributed by atoms with E-state index in [0.717, 1.165) is 41.2 Å². The number of fused-ring (bicyclic) bond motifs is 2. The number of H-pyrrole nitrogens is 1. The monoisotopic (exact) mass is 320 g/mol. The van der Waals surface area contributed by atoms with Gasteiger partial charge in [-0.05, 0) is 24.3 Å². The molecule has 0 bridgehead atoms. The molecule has 1 fully saturated rings. The number of hydrogen-bond donors (Lipinski definition) is 1. The highest BCUT2D eigenvalue weighted by molar-refractivity contribution is 5.77. The molecule has 0 aliphatic carbocycles. The molecule has 120 valence electrons. The number of para-hydroxylation sites is 2. The molecule has 1 aromatic carbocycles. The van der Waals surface area contributed by atoms with Crippen molar-refractivity contribution in [3.8, 4) is 6.01 Å². The summed E-state index contributed by atoms with van der Waals surface area (Å²) in [6.07, 6.45) is 1.79. The normalized spacial score (nSPS) is 15.1. The highest BCUT2D eigenvalue weighted by Gasteiger charge is 2.33. The summed E-state index contributed by atoms with van der Waals surface area (Å²) in [6, 6.07) is 12.8. The highest BCUT2D eigenvalue weighted by atomic mass is 16.5. The van der Waals surface area contributed by atoms with Crippen LogP contribution in [0.5, 0.6) is 6.01 Å². The van der Waals surface area contributed by atoms with Crippen LogP contribution in [0.25, 0.3) is 22.2 Å². The van der Waals surface area contributed by atoms with E-state index in [4.69, 9.17) is 4.74 Å². The predicted molar refractivity (Wildman–Crippen MR) is 91.4 cm³/mol. The quantitative estimate of drug-likeness (QED) is 0.627. The average Bonchev–Trinajstić information content (AvgIpc) is 3.15. The third kappa shape index (κ3) is 1.87. The van der Waals surface area contributed by atoms with Gasteiger partial charge >= 0.3 is 0 Å². The molecule has 0 amide bonds. The number of aromatic amines is 1. The van der Waals surface area contributed by atoms with Crippen LogP contribution < -0.4 is 9.64 Å². The Balaban J connectivity index is 1.45. The van der Waals surface area contributed by atoms with E-state index in [1.54, 1.807) is 13.3 Å². The summed E-state index contributed by atoms with van der Waals surface area (Å²) in [5.74, 6) is 0.906. The standard InChI is InChI=1S/C17H16N6O/c1-24-17-21-14-7-4-8-18-15(14)23(17)11-9-22(10-11)16-19-12-5-2-3-6-13(12)20-16/h2-8,11H,9-10H2,1H3,(H,19,20). The largest absolute Gasteiger partial charge is 0.468 e. The van der Waals surface area contributed by atoms with Crippen LogP contribution in [-0.2, 0) is 0 Å². The van der Waals surface area contributed by atoms with Crippen molar-refractivity contribution in [2.24, 2.45) is 0 Å². The SMILES string of the molecule is COc1nc2cccnc2n1C1CN(c2nc3ccccc3[nH]2)C1. The van der Waals surface area contributed by atoms with E-state index in [-0.39, 0.29) is 6.04 Å². The molecule has 0 saturated carbocycles. The molecule has 0 spiro atoms. The maximum absolute atomic E-state index is 5.45. The van der Waals surface area contributed by atoms with E-state index < -0.39 is 0 Å². The van der Waals surface area contributed by atoms with Gasteiger partial charge in [0.25, 0.3) is 6.01 Å². The van der Waals surface area contributed by atoms with Gasteiger partial charge in [-0.1, -0.05) is 12.1 Å². The van der Waals surface area contributed by atoms with Gasteiger partial charge in [0.2, 0.25) is 5.95 Å². The van der Waals surface area contributed by atoms with Crippen LogP contribution in [0.4, 0.5) is 5.95 Å². The lowest BCUT2D eigenvalue weighted by Crippen LogP contribution is -2.48. The van der Waals surface area contributed by atoms with Crippen LogP contribution >= 0.6 is 0 Å². The molecule has 4 aromatic rings. The minimum absolute atomic E-state index is 0.271. The van der Waals surface area contributed by atoms with Crippen molar-refractivity contribution >= 4 is 28.1 Å². The van der Waals surface area contributed by atoms with Crippen molar-refractivity contribution in [1.82, 2.24) is 24.5 Å². The zero-order valence-corrected chi connectivity index (χ0v) is 13.2. The maximum atomic E-state index is 5.45.